The molecule has 1 unspecified atom stereocenters. The molecule has 0 aliphatic carbocycles. The average molecular weight is 324 g/mol. The molecular weight excluding hydrogens is 296 g/mol. The standard InChI is InChI=1S/C21H28N2O/c1-21(22,17-24)16-15-20-14-13-19(23(20)2)12-8-4-7-11-18-9-5-3-6-10-18/h3,5-6,9-10,13-14,24H,4,7,11,15-17,22H2,1-2H3. The second kappa shape index (κ2) is 8.73. The lowest BCUT2D eigenvalue weighted by molar-refractivity contribution is 0.200. The van der Waals surface area contributed by atoms with E-state index in [4.69, 9.17) is 5.73 Å². The van der Waals surface area contributed by atoms with Crippen LogP contribution < -0.4 is 5.73 Å². The second-order valence-corrected chi connectivity index (χ2v) is 6.72. The van der Waals surface area contributed by atoms with Crippen molar-refractivity contribution in [3.8, 4) is 11.8 Å². The third-order valence-corrected chi connectivity index (χ3v) is 4.37. The molecule has 0 fully saturated rings. The zero-order valence-electron chi connectivity index (χ0n) is 14.8. The van der Waals surface area contributed by atoms with Crippen LogP contribution in [0, 0.1) is 11.8 Å². The Bertz CT molecular complexity index is 690. The maximum atomic E-state index is 9.24. The van der Waals surface area contributed by atoms with E-state index in [1.165, 1.54) is 11.3 Å². The van der Waals surface area contributed by atoms with Gasteiger partial charge in [0.15, 0.2) is 0 Å². The van der Waals surface area contributed by atoms with Gasteiger partial charge in [-0.1, -0.05) is 36.3 Å². The fourth-order valence-corrected chi connectivity index (χ4v) is 2.60. The van der Waals surface area contributed by atoms with Gasteiger partial charge in [0.05, 0.1) is 12.3 Å². The van der Waals surface area contributed by atoms with Crippen molar-refractivity contribution in [2.75, 3.05) is 6.61 Å². The van der Waals surface area contributed by atoms with Crippen molar-refractivity contribution in [3.05, 3.63) is 59.4 Å². The molecule has 2 rings (SSSR count). The molecule has 0 amide bonds. The summed E-state index contributed by atoms with van der Waals surface area (Å²) < 4.78 is 2.12. The van der Waals surface area contributed by atoms with Crippen molar-refractivity contribution in [1.82, 2.24) is 4.57 Å². The number of unbranched alkanes of at least 4 members (excludes halogenated alkanes) is 1. The summed E-state index contributed by atoms with van der Waals surface area (Å²) in [7, 11) is 2.04. The molecule has 0 spiro atoms. The minimum absolute atomic E-state index is 0.00546. The molecule has 0 saturated carbocycles. The van der Waals surface area contributed by atoms with E-state index in [0.29, 0.717) is 0 Å². The Morgan fingerprint density at radius 1 is 1.12 bits per heavy atom. The number of nitrogens with zero attached hydrogens (tertiary/aromatic N) is 1. The molecule has 0 saturated heterocycles. The van der Waals surface area contributed by atoms with Crippen LogP contribution in [0.2, 0.25) is 0 Å². The van der Waals surface area contributed by atoms with Crippen LogP contribution in [0.25, 0.3) is 0 Å². The Hall–Kier alpha value is -2.02. The number of rotatable bonds is 7. The minimum Gasteiger partial charge on any atom is -0.394 e. The first kappa shape index (κ1) is 18.3. The van der Waals surface area contributed by atoms with Crippen molar-refractivity contribution in [3.63, 3.8) is 0 Å². The van der Waals surface area contributed by atoms with E-state index in [0.717, 1.165) is 37.8 Å². The van der Waals surface area contributed by atoms with Crippen molar-refractivity contribution in [1.29, 1.82) is 0 Å². The third kappa shape index (κ3) is 5.56. The van der Waals surface area contributed by atoms with Gasteiger partial charge in [-0.15, -0.1) is 0 Å². The fraction of sp³-hybridized carbons (Fsp3) is 0.429. The number of hydrogen-bond acceptors (Lipinski definition) is 2. The smallest absolute Gasteiger partial charge is 0.0919 e. The quantitative estimate of drug-likeness (QED) is 0.607. The van der Waals surface area contributed by atoms with E-state index >= 15 is 0 Å². The molecule has 0 aliphatic rings. The topological polar surface area (TPSA) is 51.2 Å². The third-order valence-electron chi connectivity index (χ3n) is 4.37. The summed E-state index contributed by atoms with van der Waals surface area (Å²) in [5.74, 6) is 6.54. The highest BCUT2D eigenvalue weighted by molar-refractivity contribution is 5.32. The molecule has 24 heavy (non-hydrogen) atoms. The molecule has 0 radical (unpaired) electrons. The van der Waals surface area contributed by atoms with Crippen LogP contribution in [0.5, 0.6) is 0 Å². The fourth-order valence-electron chi connectivity index (χ4n) is 2.60. The molecular formula is C21H28N2O. The molecule has 2 aromatic rings. The van der Waals surface area contributed by atoms with E-state index in [-0.39, 0.29) is 6.61 Å². The summed E-state index contributed by atoms with van der Waals surface area (Å²) in [4.78, 5) is 0. The molecule has 1 heterocycles. The van der Waals surface area contributed by atoms with Gasteiger partial charge < -0.3 is 15.4 Å². The van der Waals surface area contributed by atoms with Crippen LogP contribution in [0.15, 0.2) is 42.5 Å². The molecule has 1 aromatic carbocycles. The first-order valence-electron chi connectivity index (χ1n) is 8.59. The van der Waals surface area contributed by atoms with Gasteiger partial charge in [-0.3, -0.25) is 0 Å². The zero-order valence-corrected chi connectivity index (χ0v) is 14.8. The van der Waals surface area contributed by atoms with Crippen LogP contribution >= 0.6 is 0 Å². The molecule has 1 aromatic heterocycles. The molecule has 3 nitrogen and oxygen atoms in total. The van der Waals surface area contributed by atoms with Gasteiger partial charge >= 0.3 is 0 Å². The summed E-state index contributed by atoms with van der Waals surface area (Å²) >= 11 is 0. The number of aromatic nitrogens is 1. The van der Waals surface area contributed by atoms with E-state index in [1.807, 2.05) is 20.0 Å². The monoisotopic (exact) mass is 324 g/mol. The Kier molecular flexibility index (Phi) is 6.66. The van der Waals surface area contributed by atoms with Crippen LogP contribution in [0.3, 0.4) is 0 Å². The maximum absolute atomic E-state index is 9.24. The molecule has 0 aliphatic heterocycles. The van der Waals surface area contributed by atoms with Gasteiger partial charge in [-0.25, -0.2) is 0 Å². The maximum Gasteiger partial charge on any atom is 0.0919 e. The van der Waals surface area contributed by atoms with Gasteiger partial charge in [-0.2, -0.15) is 0 Å². The number of aliphatic hydroxyl groups excluding tert-OH is 1. The van der Waals surface area contributed by atoms with Crippen LogP contribution in [-0.2, 0) is 19.9 Å². The van der Waals surface area contributed by atoms with Crippen LogP contribution in [-0.4, -0.2) is 21.8 Å². The van der Waals surface area contributed by atoms with Crippen LogP contribution in [0.1, 0.15) is 43.1 Å². The average Bonchev–Trinajstić information content (AvgIpc) is 2.94. The lowest BCUT2D eigenvalue weighted by Gasteiger charge is -2.21. The van der Waals surface area contributed by atoms with Gasteiger partial charge in [0.25, 0.3) is 0 Å². The second-order valence-electron chi connectivity index (χ2n) is 6.72. The van der Waals surface area contributed by atoms with E-state index in [9.17, 15) is 5.11 Å². The molecule has 3 N–H and O–H groups in total. The SMILES string of the molecule is Cn1c(C#CCCCc2ccccc2)ccc1CCC(C)(N)CO. The first-order chi connectivity index (χ1) is 11.5. The predicted molar refractivity (Wildman–Crippen MR) is 99.7 cm³/mol. The highest BCUT2D eigenvalue weighted by Gasteiger charge is 2.17. The Morgan fingerprint density at radius 3 is 2.58 bits per heavy atom. The molecule has 1 atom stereocenters. The first-order valence-corrected chi connectivity index (χ1v) is 8.59. The Balaban J connectivity index is 1.83. The van der Waals surface area contributed by atoms with Crippen LogP contribution in [0.4, 0.5) is 0 Å². The van der Waals surface area contributed by atoms with Gasteiger partial charge in [-0.05, 0) is 56.2 Å². The molecule has 3 heteroatoms. The highest BCUT2D eigenvalue weighted by atomic mass is 16.3. The Labute approximate surface area is 145 Å². The zero-order chi connectivity index (χ0) is 17.4. The van der Waals surface area contributed by atoms with Gasteiger partial charge in [0.1, 0.15) is 0 Å². The van der Waals surface area contributed by atoms with E-state index in [1.54, 1.807) is 0 Å². The number of aliphatic hydroxyl groups is 1. The highest BCUT2D eigenvalue weighted by Crippen LogP contribution is 2.13. The minimum atomic E-state index is -0.520. The van der Waals surface area contributed by atoms with Crippen molar-refractivity contribution >= 4 is 0 Å². The Morgan fingerprint density at radius 2 is 1.88 bits per heavy atom. The number of nitrogens with two attached hydrogens (primary N) is 1. The summed E-state index contributed by atoms with van der Waals surface area (Å²) in [5, 5.41) is 9.24. The van der Waals surface area contributed by atoms with Gasteiger partial charge in [0, 0.05) is 24.7 Å². The summed E-state index contributed by atoms with van der Waals surface area (Å²) in [6, 6.07) is 14.7. The summed E-state index contributed by atoms with van der Waals surface area (Å²) in [6.07, 6.45) is 4.66. The number of hydrogen-bond donors (Lipinski definition) is 2. The molecule has 128 valence electrons. The lowest BCUT2D eigenvalue weighted by atomic mass is 9.97. The normalized spacial score (nSPS) is 13.2. The number of aryl methyl sites for hydroxylation is 2. The van der Waals surface area contributed by atoms with E-state index < -0.39 is 5.54 Å². The molecule has 0 bridgehead atoms. The largest absolute Gasteiger partial charge is 0.394 e. The van der Waals surface area contributed by atoms with Crippen molar-refractivity contribution in [2.24, 2.45) is 12.8 Å². The van der Waals surface area contributed by atoms with E-state index in [2.05, 4.69) is 52.8 Å². The van der Waals surface area contributed by atoms with Crippen molar-refractivity contribution in [2.45, 2.75) is 44.6 Å². The van der Waals surface area contributed by atoms with Gasteiger partial charge in [0.2, 0.25) is 0 Å². The summed E-state index contributed by atoms with van der Waals surface area (Å²) in [5.41, 5.74) is 9.08. The van der Waals surface area contributed by atoms with Crippen molar-refractivity contribution < 1.29 is 5.11 Å². The number of benzene rings is 1. The summed E-state index contributed by atoms with van der Waals surface area (Å²) in [6.45, 7) is 1.88. The predicted octanol–water partition coefficient (Wildman–Crippen LogP) is 3.04. The lowest BCUT2D eigenvalue weighted by Crippen LogP contribution is -2.40.